The van der Waals surface area contributed by atoms with Crippen molar-refractivity contribution in [3.8, 4) is 0 Å². The molecule has 1 aromatic rings. The van der Waals surface area contributed by atoms with Crippen molar-refractivity contribution in [2.75, 3.05) is 13.2 Å². The second kappa shape index (κ2) is 5.02. The number of nitrogens with zero attached hydrogens (tertiary/aromatic N) is 2. The van der Waals surface area contributed by atoms with Crippen LogP contribution in [0.25, 0.3) is 0 Å². The zero-order valence-corrected chi connectivity index (χ0v) is 12.2. The van der Waals surface area contributed by atoms with E-state index in [0.717, 1.165) is 37.4 Å². The molecule has 1 aliphatic heterocycles. The molecule has 2 rings (SSSR count). The highest BCUT2D eigenvalue weighted by Gasteiger charge is 2.22. The normalized spacial score (nSPS) is 18.4. The summed E-state index contributed by atoms with van der Waals surface area (Å²) < 4.78 is 6.09. The van der Waals surface area contributed by atoms with Crippen LogP contribution in [-0.4, -0.2) is 23.2 Å². The zero-order valence-electron chi connectivity index (χ0n) is 10.7. The smallest absolute Gasteiger partial charge is 0.197 e. The van der Waals surface area contributed by atoms with E-state index in [9.17, 15) is 0 Å². The maximum absolute atomic E-state index is 5.39. The molecule has 94 valence electrons. The summed E-state index contributed by atoms with van der Waals surface area (Å²) in [7, 11) is 0. The second-order valence-corrected chi connectivity index (χ2v) is 6.29. The van der Waals surface area contributed by atoms with Gasteiger partial charge >= 0.3 is 0 Å². The van der Waals surface area contributed by atoms with Gasteiger partial charge in [0.2, 0.25) is 0 Å². The predicted octanol–water partition coefficient (Wildman–Crippen LogP) is 3.43. The van der Waals surface area contributed by atoms with Crippen molar-refractivity contribution in [3.05, 3.63) is 22.2 Å². The van der Waals surface area contributed by atoms with E-state index < -0.39 is 0 Å². The van der Waals surface area contributed by atoms with Crippen molar-refractivity contribution in [2.45, 2.75) is 44.9 Å². The Kier molecular flexibility index (Phi) is 3.83. The highest BCUT2D eigenvalue weighted by Crippen LogP contribution is 2.29. The predicted molar refractivity (Wildman–Crippen MR) is 71.2 cm³/mol. The van der Waals surface area contributed by atoms with Gasteiger partial charge in [-0.15, -0.1) is 0 Å². The van der Waals surface area contributed by atoms with E-state index in [1.54, 1.807) is 0 Å². The summed E-state index contributed by atoms with van der Waals surface area (Å²) in [6.07, 6.45) is 2.13. The zero-order chi connectivity index (χ0) is 12.5. The van der Waals surface area contributed by atoms with E-state index in [0.29, 0.717) is 10.7 Å². The summed E-state index contributed by atoms with van der Waals surface area (Å²) in [6, 6.07) is 2.15. The van der Waals surface area contributed by atoms with Crippen LogP contribution in [0, 0.1) is 0 Å². The van der Waals surface area contributed by atoms with E-state index in [1.165, 1.54) is 0 Å². The van der Waals surface area contributed by atoms with Crippen LogP contribution in [0.3, 0.4) is 0 Å². The van der Waals surface area contributed by atoms with E-state index >= 15 is 0 Å². The molecule has 3 nitrogen and oxygen atoms in total. The molecule has 1 aliphatic rings. The molecule has 0 spiro atoms. The van der Waals surface area contributed by atoms with Gasteiger partial charge in [0.05, 0.1) is 5.69 Å². The first kappa shape index (κ1) is 13.0. The molecule has 0 atom stereocenters. The Morgan fingerprint density at radius 3 is 2.47 bits per heavy atom. The minimum absolute atomic E-state index is 0.0609. The Morgan fingerprint density at radius 1 is 1.24 bits per heavy atom. The van der Waals surface area contributed by atoms with Gasteiger partial charge in [-0.2, -0.15) is 0 Å². The van der Waals surface area contributed by atoms with Gasteiger partial charge in [-0.25, -0.2) is 9.97 Å². The number of hydrogen-bond donors (Lipinski definition) is 0. The average Bonchev–Trinajstić information content (AvgIpc) is 2.28. The maximum Gasteiger partial charge on any atom is 0.197 e. The molecule has 1 aromatic heterocycles. The van der Waals surface area contributed by atoms with E-state index in [1.807, 2.05) is 0 Å². The van der Waals surface area contributed by atoms with Crippen LogP contribution in [0.15, 0.2) is 10.8 Å². The lowest BCUT2D eigenvalue weighted by atomic mass is 9.89. The van der Waals surface area contributed by atoms with Crippen LogP contribution in [0.4, 0.5) is 0 Å². The third kappa shape index (κ3) is 3.26. The molecule has 1 saturated heterocycles. The van der Waals surface area contributed by atoms with E-state index in [-0.39, 0.29) is 5.41 Å². The average molecular weight is 299 g/mol. The first-order chi connectivity index (χ1) is 7.97. The number of hydrogen-bond acceptors (Lipinski definition) is 3. The van der Waals surface area contributed by atoms with Crippen LogP contribution in [0.2, 0.25) is 0 Å². The summed E-state index contributed by atoms with van der Waals surface area (Å²) in [5, 5.41) is 0. The molecule has 0 amide bonds. The summed E-state index contributed by atoms with van der Waals surface area (Å²) >= 11 is 3.42. The Morgan fingerprint density at radius 2 is 1.88 bits per heavy atom. The monoisotopic (exact) mass is 298 g/mol. The van der Waals surface area contributed by atoms with Gasteiger partial charge in [-0.1, -0.05) is 20.8 Å². The highest BCUT2D eigenvalue weighted by molar-refractivity contribution is 9.10. The maximum atomic E-state index is 5.39. The Hall–Kier alpha value is -0.480. The molecule has 0 aliphatic carbocycles. The molecule has 0 saturated carbocycles. The fourth-order valence-corrected chi connectivity index (χ4v) is 2.42. The highest BCUT2D eigenvalue weighted by atomic mass is 79.9. The van der Waals surface area contributed by atoms with E-state index in [2.05, 4.69) is 52.7 Å². The summed E-state index contributed by atoms with van der Waals surface area (Å²) in [5.41, 5.74) is 2.31. The fourth-order valence-electron chi connectivity index (χ4n) is 2.02. The quantitative estimate of drug-likeness (QED) is 0.745. The molecule has 17 heavy (non-hydrogen) atoms. The van der Waals surface area contributed by atoms with Gasteiger partial charge in [-0.3, -0.25) is 0 Å². The Bertz CT molecular complexity index is 395. The summed E-state index contributed by atoms with van der Waals surface area (Å²) in [6.45, 7) is 8.22. The number of rotatable bonds is 1. The van der Waals surface area contributed by atoms with Gasteiger partial charge in [-0.05, 0) is 34.8 Å². The van der Waals surface area contributed by atoms with Gasteiger partial charge in [0.1, 0.15) is 0 Å². The van der Waals surface area contributed by atoms with Crippen molar-refractivity contribution >= 4 is 15.9 Å². The SMILES string of the molecule is CC(C)(C)c1cc(C2CCOCC2)nc(Br)n1. The lowest BCUT2D eigenvalue weighted by Gasteiger charge is -2.24. The molecule has 4 heteroatoms. The minimum atomic E-state index is 0.0609. The topological polar surface area (TPSA) is 35.0 Å². The third-order valence-corrected chi connectivity index (χ3v) is 3.48. The van der Waals surface area contributed by atoms with Crippen LogP contribution >= 0.6 is 15.9 Å². The first-order valence-electron chi connectivity index (χ1n) is 6.09. The summed E-state index contributed by atoms with van der Waals surface area (Å²) in [4.78, 5) is 9.00. The molecule has 0 bridgehead atoms. The lowest BCUT2D eigenvalue weighted by Crippen LogP contribution is -2.19. The molecular formula is C13H19BrN2O. The van der Waals surface area contributed by atoms with Gasteiger partial charge in [0.15, 0.2) is 4.73 Å². The number of ether oxygens (including phenoxy) is 1. The third-order valence-electron chi connectivity index (χ3n) is 3.13. The molecule has 0 radical (unpaired) electrons. The van der Waals surface area contributed by atoms with Gasteiger partial charge in [0, 0.05) is 30.2 Å². The standard InChI is InChI=1S/C13H19BrN2O/c1-13(2,3)11-8-10(15-12(14)16-11)9-4-6-17-7-5-9/h8-9H,4-7H2,1-3H3. The molecular weight excluding hydrogens is 280 g/mol. The molecule has 2 heterocycles. The molecule has 1 fully saturated rings. The van der Waals surface area contributed by atoms with Gasteiger partial charge < -0.3 is 4.74 Å². The number of halogens is 1. The van der Waals surface area contributed by atoms with Crippen LogP contribution in [-0.2, 0) is 10.2 Å². The Balaban J connectivity index is 2.31. The number of aromatic nitrogens is 2. The lowest BCUT2D eigenvalue weighted by molar-refractivity contribution is 0.0844. The fraction of sp³-hybridized carbons (Fsp3) is 0.692. The first-order valence-corrected chi connectivity index (χ1v) is 6.89. The van der Waals surface area contributed by atoms with Crippen LogP contribution in [0.1, 0.15) is 50.9 Å². The minimum Gasteiger partial charge on any atom is -0.381 e. The molecule has 0 N–H and O–H groups in total. The largest absolute Gasteiger partial charge is 0.381 e. The van der Waals surface area contributed by atoms with Crippen molar-refractivity contribution in [1.29, 1.82) is 0 Å². The van der Waals surface area contributed by atoms with Crippen molar-refractivity contribution in [3.63, 3.8) is 0 Å². The van der Waals surface area contributed by atoms with Crippen molar-refractivity contribution in [2.24, 2.45) is 0 Å². The van der Waals surface area contributed by atoms with Crippen LogP contribution < -0.4 is 0 Å². The summed E-state index contributed by atoms with van der Waals surface area (Å²) in [5.74, 6) is 0.518. The van der Waals surface area contributed by atoms with Crippen molar-refractivity contribution < 1.29 is 4.74 Å². The van der Waals surface area contributed by atoms with E-state index in [4.69, 9.17) is 4.74 Å². The van der Waals surface area contributed by atoms with Crippen LogP contribution in [0.5, 0.6) is 0 Å². The Labute approximate surface area is 111 Å². The van der Waals surface area contributed by atoms with Gasteiger partial charge in [0.25, 0.3) is 0 Å². The molecule has 0 unspecified atom stereocenters. The van der Waals surface area contributed by atoms with Crippen molar-refractivity contribution in [1.82, 2.24) is 9.97 Å². The second-order valence-electron chi connectivity index (χ2n) is 5.58. The molecule has 0 aromatic carbocycles.